The van der Waals surface area contributed by atoms with E-state index in [0.717, 1.165) is 18.8 Å². The number of rotatable bonds is 11. The van der Waals surface area contributed by atoms with Gasteiger partial charge in [-0.25, -0.2) is 0 Å². The van der Waals surface area contributed by atoms with Crippen LogP contribution >= 0.6 is 0 Å². The van der Waals surface area contributed by atoms with Crippen molar-refractivity contribution in [2.45, 2.75) is 58.3 Å². The van der Waals surface area contributed by atoms with E-state index in [1.165, 1.54) is 4.90 Å². The summed E-state index contributed by atoms with van der Waals surface area (Å²) in [5.41, 5.74) is 0.105. The number of hydrogen-bond donors (Lipinski definition) is 3. The summed E-state index contributed by atoms with van der Waals surface area (Å²) >= 11 is 0. The number of fused-ring (bicyclic) bond motifs is 1. The molecule has 3 saturated heterocycles. The Hall–Kier alpha value is -3.63. The average molecular weight is 579 g/mol. The Bertz CT molecular complexity index is 1310. The summed E-state index contributed by atoms with van der Waals surface area (Å²) < 4.78 is 12.2. The molecule has 3 fully saturated rings. The third kappa shape index (κ3) is 4.80. The third-order valence-electron chi connectivity index (χ3n) is 9.38. The molecule has 226 valence electrons. The maximum atomic E-state index is 14.0. The minimum atomic E-state index is -1.19. The Kier molecular flexibility index (Phi) is 8.22. The average Bonchev–Trinajstić information content (AvgIpc) is 3.48. The molecule has 3 heterocycles. The van der Waals surface area contributed by atoms with Crippen molar-refractivity contribution in [2.75, 3.05) is 48.4 Å². The van der Waals surface area contributed by atoms with E-state index in [2.05, 4.69) is 29.4 Å². The largest absolute Gasteiger partial charge is 0.494 e. The van der Waals surface area contributed by atoms with Crippen LogP contribution in [0, 0.1) is 17.8 Å². The molecule has 42 heavy (non-hydrogen) atoms. The van der Waals surface area contributed by atoms with Crippen molar-refractivity contribution in [3.05, 3.63) is 48.5 Å². The molecule has 2 bridgehead atoms. The summed E-state index contributed by atoms with van der Waals surface area (Å²) in [7, 11) is 0. The molecule has 2 aromatic carbocycles. The van der Waals surface area contributed by atoms with Gasteiger partial charge in [0.2, 0.25) is 17.7 Å². The van der Waals surface area contributed by atoms with Crippen molar-refractivity contribution in [3.8, 4) is 5.75 Å². The lowest BCUT2D eigenvalue weighted by Crippen LogP contribution is -2.54. The highest BCUT2D eigenvalue weighted by molar-refractivity contribution is 6.05. The van der Waals surface area contributed by atoms with E-state index in [1.807, 2.05) is 45.0 Å². The number of carbonyl (C=O) groups is 3. The number of amides is 3. The van der Waals surface area contributed by atoms with Crippen LogP contribution in [0.5, 0.6) is 5.75 Å². The molecule has 0 aromatic heterocycles. The molecule has 3 aliphatic rings. The number of β-amino-alcohol motifs (C(OH)–C–C–N with tert-alkyl or cyclic N) is 1. The molecule has 3 N–H and O–H groups in total. The van der Waals surface area contributed by atoms with E-state index < -0.39 is 29.1 Å². The number of hydrogen-bond acceptors (Lipinski definition) is 7. The van der Waals surface area contributed by atoms with Gasteiger partial charge >= 0.3 is 0 Å². The van der Waals surface area contributed by atoms with Crippen molar-refractivity contribution in [1.82, 2.24) is 4.90 Å². The Morgan fingerprint density at radius 2 is 1.62 bits per heavy atom. The summed E-state index contributed by atoms with van der Waals surface area (Å²) in [4.78, 5) is 45.5. The van der Waals surface area contributed by atoms with Gasteiger partial charge in [0, 0.05) is 36.7 Å². The maximum Gasteiger partial charge on any atom is 0.250 e. The molecule has 3 unspecified atom stereocenters. The van der Waals surface area contributed by atoms with Crippen molar-refractivity contribution >= 4 is 34.8 Å². The summed E-state index contributed by atoms with van der Waals surface area (Å²) in [6.45, 7) is 11.9. The van der Waals surface area contributed by atoms with Crippen LogP contribution in [0.3, 0.4) is 0 Å². The minimum Gasteiger partial charge on any atom is -0.494 e. The molecule has 10 nitrogen and oxygen atoms in total. The van der Waals surface area contributed by atoms with Crippen LogP contribution in [0.25, 0.3) is 0 Å². The van der Waals surface area contributed by atoms with Gasteiger partial charge in [-0.3, -0.25) is 14.4 Å². The molecule has 0 saturated carbocycles. The van der Waals surface area contributed by atoms with Gasteiger partial charge in [0.1, 0.15) is 17.4 Å². The minimum absolute atomic E-state index is 0.0300. The van der Waals surface area contributed by atoms with Crippen LogP contribution in [0.4, 0.5) is 17.1 Å². The topological polar surface area (TPSA) is 120 Å². The highest BCUT2D eigenvalue weighted by Crippen LogP contribution is 2.65. The number of aliphatic hydroxyl groups is 1. The zero-order chi connectivity index (χ0) is 30.2. The van der Waals surface area contributed by atoms with Gasteiger partial charge < -0.3 is 35.0 Å². The zero-order valence-electron chi connectivity index (χ0n) is 25.1. The zero-order valence-corrected chi connectivity index (χ0v) is 25.1. The van der Waals surface area contributed by atoms with Crippen LogP contribution in [0.2, 0.25) is 0 Å². The SMILES string of the molecule is CCOc1ccc(NC(=O)[C@H]2[C@H]3C(=O)N(CCO)C(C(=O)Nc4ccc(N(CC)CC)cc4)C34CC(C)[C@]2(C)O4)cc1. The van der Waals surface area contributed by atoms with Crippen molar-refractivity contribution in [2.24, 2.45) is 17.8 Å². The van der Waals surface area contributed by atoms with Crippen molar-refractivity contribution in [3.63, 3.8) is 0 Å². The second-order valence-electron chi connectivity index (χ2n) is 11.6. The Balaban J connectivity index is 1.43. The van der Waals surface area contributed by atoms with Crippen LogP contribution in [-0.4, -0.2) is 77.8 Å². The molecule has 1 spiro atoms. The normalized spacial score (nSPS) is 29.4. The van der Waals surface area contributed by atoms with Crippen LogP contribution < -0.4 is 20.3 Å². The molecule has 3 aliphatic heterocycles. The molecule has 10 heteroatoms. The highest BCUT2D eigenvalue weighted by Gasteiger charge is 2.79. The van der Waals surface area contributed by atoms with E-state index in [4.69, 9.17) is 9.47 Å². The maximum absolute atomic E-state index is 14.0. The lowest BCUT2D eigenvalue weighted by Gasteiger charge is -2.36. The van der Waals surface area contributed by atoms with Gasteiger partial charge in [0.25, 0.3) is 0 Å². The fraction of sp³-hybridized carbons (Fsp3) is 0.531. The fourth-order valence-corrected chi connectivity index (χ4v) is 7.36. The molecule has 6 atom stereocenters. The Morgan fingerprint density at radius 1 is 1.02 bits per heavy atom. The van der Waals surface area contributed by atoms with E-state index >= 15 is 0 Å². The molecule has 0 radical (unpaired) electrons. The van der Waals surface area contributed by atoms with E-state index in [0.29, 0.717) is 30.2 Å². The van der Waals surface area contributed by atoms with E-state index in [1.54, 1.807) is 24.3 Å². The first-order chi connectivity index (χ1) is 20.1. The molecular weight excluding hydrogens is 536 g/mol. The van der Waals surface area contributed by atoms with Crippen LogP contribution in [0.15, 0.2) is 48.5 Å². The van der Waals surface area contributed by atoms with Gasteiger partial charge in [-0.15, -0.1) is 0 Å². The molecule has 3 amide bonds. The summed E-state index contributed by atoms with van der Waals surface area (Å²) in [5, 5.41) is 15.8. The van der Waals surface area contributed by atoms with E-state index in [9.17, 15) is 19.5 Å². The number of nitrogens with one attached hydrogen (secondary N) is 2. The van der Waals surface area contributed by atoms with Crippen molar-refractivity contribution in [1.29, 1.82) is 0 Å². The molecule has 0 aliphatic carbocycles. The second kappa shape index (κ2) is 11.6. The van der Waals surface area contributed by atoms with Crippen molar-refractivity contribution < 1.29 is 29.0 Å². The monoisotopic (exact) mass is 578 g/mol. The number of aliphatic hydroxyl groups excluding tert-OH is 1. The standard InChI is InChI=1S/C32H42N4O6/c1-6-35(7-2)23-13-9-21(10-14-23)34-29(39)27-32-19-20(4)31(5,42-32)25(26(32)30(40)36(27)17-18-37)28(38)33-22-11-15-24(16-12-22)41-8-3/h9-16,20,25-27,37H,6-8,17-19H2,1-5H3,(H,33,38)(H,34,39)/t20?,25-,26+,27?,31+,32?/m1/s1. The third-order valence-corrected chi connectivity index (χ3v) is 9.38. The first-order valence-corrected chi connectivity index (χ1v) is 14.9. The van der Waals surface area contributed by atoms with E-state index in [-0.39, 0.29) is 36.8 Å². The van der Waals surface area contributed by atoms with Gasteiger partial charge in [0.05, 0.1) is 30.7 Å². The number of likely N-dealkylation sites (tertiary alicyclic amines) is 1. The Labute approximate surface area is 247 Å². The molecule has 5 rings (SSSR count). The number of benzene rings is 2. The first kappa shape index (κ1) is 29.8. The predicted octanol–water partition coefficient (Wildman–Crippen LogP) is 3.51. The lowest BCUT2D eigenvalue weighted by molar-refractivity contribution is -0.144. The summed E-state index contributed by atoms with van der Waals surface area (Å²) in [6, 6.07) is 13.7. The number of nitrogens with zero attached hydrogens (tertiary/aromatic N) is 2. The first-order valence-electron chi connectivity index (χ1n) is 14.9. The quantitative estimate of drug-likeness (QED) is 0.373. The number of ether oxygens (including phenoxy) is 2. The van der Waals surface area contributed by atoms with Gasteiger partial charge in [-0.05, 0) is 88.6 Å². The second-order valence-corrected chi connectivity index (χ2v) is 11.6. The fourth-order valence-electron chi connectivity index (χ4n) is 7.36. The molecule has 2 aromatic rings. The highest BCUT2D eigenvalue weighted by atomic mass is 16.5. The van der Waals surface area contributed by atoms with Gasteiger partial charge in [-0.1, -0.05) is 6.92 Å². The van der Waals surface area contributed by atoms with Crippen LogP contribution in [0.1, 0.15) is 41.0 Å². The van der Waals surface area contributed by atoms with Crippen LogP contribution in [-0.2, 0) is 19.1 Å². The molecular formula is C32H42N4O6. The number of carbonyl (C=O) groups excluding carboxylic acids is 3. The smallest absolute Gasteiger partial charge is 0.250 e. The van der Waals surface area contributed by atoms with Gasteiger partial charge in [-0.2, -0.15) is 0 Å². The summed E-state index contributed by atoms with van der Waals surface area (Å²) in [5.74, 6) is -2.12. The van der Waals surface area contributed by atoms with Gasteiger partial charge in [0.15, 0.2) is 0 Å². The Morgan fingerprint density at radius 3 is 2.19 bits per heavy atom. The predicted molar refractivity (Wildman–Crippen MR) is 160 cm³/mol. The number of anilines is 3. The lowest BCUT2D eigenvalue weighted by atomic mass is 9.62. The summed E-state index contributed by atoms with van der Waals surface area (Å²) in [6.07, 6.45) is 0.452.